The number of benzene rings is 2. The summed E-state index contributed by atoms with van der Waals surface area (Å²) >= 11 is 0. The molecule has 0 spiro atoms. The summed E-state index contributed by atoms with van der Waals surface area (Å²) in [5.41, 5.74) is 0.910. The number of hydrogen-bond acceptors (Lipinski definition) is 4. The first-order chi connectivity index (χ1) is 12.5. The summed E-state index contributed by atoms with van der Waals surface area (Å²) < 4.78 is 29.1. The minimum atomic E-state index is -0.713. The van der Waals surface area contributed by atoms with Crippen LogP contribution in [0.2, 0.25) is 0 Å². The Morgan fingerprint density at radius 3 is 2.31 bits per heavy atom. The van der Waals surface area contributed by atoms with Crippen LogP contribution in [0.3, 0.4) is 0 Å². The van der Waals surface area contributed by atoms with Gasteiger partial charge in [0.15, 0.2) is 17.6 Å². The van der Waals surface area contributed by atoms with E-state index in [0.29, 0.717) is 23.7 Å². The Bertz CT molecular complexity index is 733. The smallest absolute Gasteiger partial charge is 0.261 e. The van der Waals surface area contributed by atoms with Crippen LogP contribution in [0.5, 0.6) is 17.2 Å². The molecule has 2 rings (SSSR count). The monoisotopic (exact) mass is 361 g/mol. The van der Waals surface area contributed by atoms with Crippen molar-refractivity contribution >= 4 is 5.91 Å². The van der Waals surface area contributed by atoms with Crippen LogP contribution in [0, 0.1) is 5.82 Å². The van der Waals surface area contributed by atoms with Crippen LogP contribution in [0.1, 0.15) is 31.9 Å². The molecule has 0 radical (unpaired) electrons. The minimum absolute atomic E-state index is 0.193. The average molecular weight is 361 g/mol. The molecule has 0 saturated carbocycles. The van der Waals surface area contributed by atoms with Crippen LogP contribution in [0.25, 0.3) is 0 Å². The Balaban J connectivity index is 2.06. The predicted octanol–water partition coefficient (Wildman–Crippen LogP) is 3.88. The van der Waals surface area contributed by atoms with Crippen molar-refractivity contribution in [2.45, 2.75) is 32.4 Å². The first kappa shape index (κ1) is 19.6. The summed E-state index contributed by atoms with van der Waals surface area (Å²) in [5, 5.41) is 2.97. The maximum atomic E-state index is 13.0. The van der Waals surface area contributed by atoms with E-state index < -0.39 is 6.10 Å². The molecule has 1 N–H and O–H groups in total. The fraction of sp³-hybridized carbons (Fsp3) is 0.350. The molecular formula is C20H24FNO4. The zero-order valence-electron chi connectivity index (χ0n) is 15.4. The van der Waals surface area contributed by atoms with Crippen LogP contribution < -0.4 is 19.5 Å². The summed E-state index contributed by atoms with van der Waals surface area (Å²) in [4.78, 5) is 12.5. The molecule has 140 valence electrons. The maximum Gasteiger partial charge on any atom is 0.261 e. The van der Waals surface area contributed by atoms with E-state index in [-0.39, 0.29) is 17.8 Å². The van der Waals surface area contributed by atoms with Crippen molar-refractivity contribution in [3.05, 3.63) is 53.8 Å². The van der Waals surface area contributed by atoms with Crippen LogP contribution in [0.15, 0.2) is 42.5 Å². The van der Waals surface area contributed by atoms with Crippen molar-refractivity contribution < 1.29 is 23.4 Å². The van der Waals surface area contributed by atoms with Crippen molar-refractivity contribution in [1.29, 1.82) is 0 Å². The third-order valence-corrected chi connectivity index (χ3v) is 4.03. The van der Waals surface area contributed by atoms with Crippen molar-refractivity contribution in [2.24, 2.45) is 0 Å². The van der Waals surface area contributed by atoms with Gasteiger partial charge in [0.2, 0.25) is 0 Å². The topological polar surface area (TPSA) is 56.8 Å². The van der Waals surface area contributed by atoms with Gasteiger partial charge in [-0.25, -0.2) is 4.39 Å². The van der Waals surface area contributed by atoms with Gasteiger partial charge in [0, 0.05) is 0 Å². The fourth-order valence-corrected chi connectivity index (χ4v) is 2.55. The Kier molecular flexibility index (Phi) is 6.83. The number of rotatable bonds is 8. The van der Waals surface area contributed by atoms with E-state index in [9.17, 15) is 9.18 Å². The molecule has 0 bridgehead atoms. The van der Waals surface area contributed by atoms with Gasteiger partial charge in [0.25, 0.3) is 5.91 Å². The highest BCUT2D eigenvalue weighted by Crippen LogP contribution is 2.31. The molecule has 26 heavy (non-hydrogen) atoms. The van der Waals surface area contributed by atoms with Crippen LogP contribution in [-0.2, 0) is 4.79 Å². The van der Waals surface area contributed by atoms with Gasteiger partial charge in [-0.05, 0) is 55.3 Å². The molecule has 0 heterocycles. The molecule has 2 atom stereocenters. The third-order valence-electron chi connectivity index (χ3n) is 4.03. The van der Waals surface area contributed by atoms with Crippen LogP contribution in [0.4, 0.5) is 4.39 Å². The molecule has 2 aromatic carbocycles. The van der Waals surface area contributed by atoms with E-state index in [4.69, 9.17) is 14.2 Å². The first-order valence-electron chi connectivity index (χ1n) is 8.43. The third kappa shape index (κ3) is 4.88. The molecule has 0 aliphatic heterocycles. The number of nitrogens with one attached hydrogen (secondary N) is 1. The van der Waals surface area contributed by atoms with E-state index in [1.165, 1.54) is 24.3 Å². The second-order valence-corrected chi connectivity index (χ2v) is 5.80. The summed E-state index contributed by atoms with van der Waals surface area (Å²) in [6, 6.07) is 10.9. The number of carbonyl (C=O) groups is 1. The van der Waals surface area contributed by atoms with Gasteiger partial charge in [-0.2, -0.15) is 0 Å². The van der Waals surface area contributed by atoms with Gasteiger partial charge in [-0.3, -0.25) is 4.79 Å². The zero-order chi connectivity index (χ0) is 19.1. The van der Waals surface area contributed by atoms with Gasteiger partial charge in [0.05, 0.1) is 20.3 Å². The normalized spacial score (nSPS) is 12.8. The van der Waals surface area contributed by atoms with E-state index >= 15 is 0 Å². The van der Waals surface area contributed by atoms with E-state index in [1.54, 1.807) is 27.2 Å². The standard InChI is InChI=1S/C20H24FNO4/c1-5-17(14-6-11-18(24-3)19(12-14)25-4)22-20(23)13(2)26-16-9-7-15(21)8-10-16/h6-13,17H,5H2,1-4H3,(H,22,23). The first-order valence-corrected chi connectivity index (χ1v) is 8.43. The van der Waals surface area contributed by atoms with Gasteiger partial charge < -0.3 is 19.5 Å². The summed E-state index contributed by atoms with van der Waals surface area (Å²) in [5.74, 6) is 1.07. The summed E-state index contributed by atoms with van der Waals surface area (Å²) in [6.45, 7) is 3.63. The van der Waals surface area contributed by atoms with Gasteiger partial charge >= 0.3 is 0 Å². The van der Waals surface area contributed by atoms with Crippen molar-refractivity contribution in [3.63, 3.8) is 0 Å². The van der Waals surface area contributed by atoms with Gasteiger partial charge in [0.1, 0.15) is 11.6 Å². The average Bonchev–Trinajstić information content (AvgIpc) is 2.67. The van der Waals surface area contributed by atoms with Gasteiger partial charge in [-0.15, -0.1) is 0 Å². The Hall–Kier alpha value is -2.76. The highest BCUT2D eigenvalue weighted by atomic mass is 19.1. The van der Waals surface area contributed by atoms with Crippen molar-refractivity contribution in [3.8, 4) is 17.2 Å². The zero-order valence-corrected chi connectivity index (χ0v) is 15.4. The molecule has 2 aromatic rings. The molecule has 0 aliphatic rings. The molecule has 0 aromatic heterocycles. The second kappa shape index (κ2) is 9.08. The molecule has 5 nitrogen and oxygen atoms in total. The minimum Gasteiger partial charge on any atom is -0.493 e. The number of hydrogen-bond donors (Lipinski definition) is 1. The van der Waals surface area contributed by atoms with Crippen molar-refractivity contribution in [1.82, 2.24) is 5.32 Å². The van der Waals surface area contributed by atoms with Crippen molar-refractivity contribution in [2.75, 3.05) is 14.2 Å². The molecule has 2 unspecified atom stereocenters. The molecule has 0 saturated heterocycles. The lowest BCUT2D eigenvalue weighted by molar-refractivity contribution is -0.128. The summed E-state index contributed by atoms with van der Waals surface area (Å²) in [6.07, 6.45) is -0.0144. The number of carbonyl (C=O) groups excluding carboxylic acids is 1. The number of halogens is 1. The molecular weight excluding hydrogens is 337 g/mol. The predicted molar refractivity (Wildman–Crippen MR) is 97.2 cm³/mol. The van der Waals surface area contributed by atoms with E-state index in [2.05, 4.69) is 5.32 Å². The number of ether oxygens (including phenoxy) is 3. The van der Waals surface area contributed by atoms with E-state index in [1.807, 2.05) is 19.1 Å². The maximum absolute atomic E-state index is 13.0. The number of amides is 1. The van der Waals surface area contributed by atoms with E-state index in [0.717, 1.165) is 5.56 Å². The van der Waals surface area contributed by atoms with Crippen LogP contribution in [-0.4, -0.2) is 26.2 Å². The fourth-order valence-electron chi connectivity index (χ4n) is 2.55. The lowest BCUT2D eigenvalue weighted by Crippen LogP contribution is -2.38. The Morgan fingerprint density at radius 1 is 1.08 bits per heavy atom. The Morgan fingerprint density at radius 2 is 1.73 bits per heavy atom. The SMILES string of the molecule is CCC(NC(=O)C(C)Oc1ccc(F)cc1)c1ccc(OC)c(OC)c1. The highest BCUT2D eigenvalue weighted by Gasteiger charge is 2.20. The highest BCUT2D eigenvalue weighted by molar-refractivity contribution is 5.81. The Labute approximate surface area is 153 Å². The second-order valence-electron chi connectivity index (χ2n) is 5.80. The largest absolute Gasteiger partial charge is 0.493 e. The molecule has 0 aliphatic carbocycles. The lowest BCUT2D eigenvalue weighted by atomic mass is 10.0. The lowest BCUT2D eigenvalue weighted by Gasteiger charge is -2.22. The van der Waals surface area contributed by atoms with Gasteiger partial charge in [-0.1, -0.05) is 13.0 Å². The molecule has 6 heteroatoms. The van der Waals surface area contributed by atoms with Crippen LogP contribution >= 0.6 is 0 Å². The number of methoxy groups -OCH3 is 2. The summed E-state index contributed by atoms with van der Waals surface area (Å²) in [7, 11) is 3.14. The molecule has 1 amide bonds. The molecule has 0 fully saturated rings. The quantitative estimate of drug-likeness (QED) is 0.775.